The molecule has 0 aliphatic heterocycles. The first-order valence-corrected chi connectivity index (χ1v) is 10.9. The molecular formula is C17H29ClSi. The summed E-state index contributed by atoms with van der Waals surface area (Å²) in [6.45, 7) is 9.53. The van der Waals surface area contributed by atoms with E-state index >= 15 is 0 Å². The van der Waals surface area contributed by atoms with Gasteiger partial charge in [0.15, 0.2) is 0 Å². The Morgan fingerprint density at radius 3 is 1.47 bits per heavy atom. The third-order valence-electron chi connectivity index (χ3n) is 3.29. The maximum atomic E-state index is 5.14. The molecule has 0 bridgehead atoms. The van der Waals surface area contributed by atoms with Crippen LogP contribution >= 0.6 is 11.1 Å². The summed E-state index contributed by atoms with van der Waals surface area (Å²) in [7, 11) is -0.111. The Kier molecular flexibility index (Phi) is 13.5. The predicted molar refractivity (Wildman–Crippen MR) is 93.6 cm³/mol. The Balaban J connectivity index is 0.000000284. The molecule has 19 heavy (non-hydrogen) atoms. The maximum Gasteiger partial charge on any atom is 0.122 e. The molecule has 2 unspecified atom stereocenters. The lowest BCUT2D eigenvalue weighted by molar-refractivity contribution is 0.585. The molecule has 0 saturated heterocycles. The van der Waals surface area contributed by atoms with E-state index in [0.29, 0.717) is 0 Å². The second-order valence-corrected chi connectivity index (χ2v) is 6.97. The van der Waals surface area contributed by atoms with Crippen molar-refractivity contribution >= 4 is 19.9 Å². The fourth-order valence-corrected chi connectivity index (χ4v) is 2.06. The molecule has 108 valence electrons. The van der Waals surface area contributed by atoms with Crippen molar-refractivity contribution in [3.8, 4) is 0 Å². The zero-order valence-electron chi connectivity index (χ0n) is 12.4. The van der Waals surface area contributed by atoms with Crippen LogP contribution in [0.25, 0.3) is 0 Å². The Morgan fingerprint density at radius 2 is 1.32 bits per heavy atom. The van der Waals surface area contributed by atoms with E-state index in [1.54, 1.807) is 0 Å². The zero-order chi connectivity index (χ0) is 14.3. The van der Waals surface area contributed by atoms with Crippen molar-refractivity contribution in [1.82, 2.24) is 0 Å². The van der Waals surface area contributed by atoms with Gasteiger partial charge in [0.05, 0.1) is 0 Å². The van der Waals surface area contributed by atoms with E-state index in [-0.39, 0.29) is 8.83 Å². The molecule has 0 aromatic carbocycles. The fraction of sp³-hybridized carbons (Fsp3) is 0.529. The third-order valence-corrected chi connectivity index (χ3v) is 3.29. The lowest BCUT2D eigenvalue weighted by Crippen LogP contribution is -1.96. The summed E-state index contributed by atoms with van der Waals surface area (Å²) in [5.41, 5.74) is 0. The van der Waals surface area contributed by atoms with Crippen LogP contribution in [0.4, 0.5) is 0 Å². The topological polar surface area (TPSA) is 0 Å². The third kappa shape index (κ3) is 11.0. The van der Waals surface area contributed by atoms with E-state index in [2.05, 4.69) is 49.6 Å². The van der Waals surface area contributed by atoms with Crippen LogP contribution < -0.4 is 0 Å². The molecule has 0 N–H and O–H groups in total. The smallest absolute Gasteiger partial charge is 0.122 e. The van der Waals surface area contributed by atoms with Crippen molar-refractivity contribution in [2.24, 2.45) is 11.8 Å². The summed E-state index contributed by atoms with van der Waals surface area (Å²) in [5.74, 6) is 1.53. The molecule has 0 aromatic heterocycles. The highest BCUT2D eigenvalue weighted by Gasteiger charge is 2.03. The molecular weight excluding hydrogens is 268 g/mol. The standard InChI is InChI=1S/2C8H12.CH5ClSi/c2*1-2-8-6-4-3-5-7-8;1-3-2/h2*2-4,8H,1,5-7H2;3H2,1H3. The highest BCUT2D eigenvalue weighted by atomic mass is 35.6. The molecule has 0 heterocycles. The average Bonchev–Trinajstić information content (AvgIpc) is 2.50. The number of rotatable bonds is 2. The summed E-state index contributed by atoms with van der Waals surface area (Å²) >= 11 is 5.14. The molecule has 2 heteroatoms. The van der Waals surface area contributed by atoms with Gasteiger partial charge in [-0.1, -0.05) is 43.0 Å². The zero-order valence-corrected chi connectivity index (χ0v) is 14.5. The number of hydrogen-bond donors (Lipinski definition) is 0. The van der Waals surface area contributed by atoms with Gasteiger partial charge in [0.1, 0.15) is 8.83 Å². The lowest BCUT2D eigenvalue weighted by Gasteiger charge is -2.11. The van der Waals surface area contributed by atoms with E-state index in [9.17, 15) is 0 Å². The summed E-state index contributed by atoms with van der Waals surface area (Å²) in [4.78, 5) is 0. The Morgan fingerprint density at radius 1 is 0.947 bits per heavy atom. The van der Waals surface area contributed by atoms with Gasteiger partial charge in [-0.15, -0.1) is 13.2 Å². The van der Waals surface area contributed by atoms with Gasteiger partial charge in [0.2, 0.25) is 0 Å². The van der Waals surface area contributed by atoms with Gasteiger partial charge in [-0.05, 0) is 50.4 Å². The first-order chi connectivity index (χ1) is 9.28. The number of hydrogen-bond acceptors (Lipinski definition) is 0. The molecule has 2 aliphatic carbocycles. The van der Waals surface area contributed by atoms with Crippen LogP contribution in [0.15, 0.2) is 49.6 Å². The molecule has 2 atom stereocenters. The first-order valence-electron chi connectivity index (χ1n) is 7.39. The largest absolute Gasteiger partial charge is 0.176 e. The average molecular weight is 297 g/mol. The van der Waals surface area contributed by atoms with E-state index in [0.717, 1.165) is 11.8 Å². The quantitative estimate of drug-likeness (QED) is 0.363. The Labute approximate surface area is 126 Å². The molecule has 0 radical (unpaired) electrons. The summed E-state index contributed by atoms with van der Waals surface area (Å²) < 4.78 is 0. The number of halogens is 1. The van der Waals surface area contributed by atoms with Gasteiger partial charge < -0.3 is 0 Å². The monoisotopic (exact) mass is 296 g/mol. The van der Waals surface area contributed by atoms with Crippen LogP contribution in [-0.2, 0) is 0 Å². The highest BCUT2D eigenvalue weighted by Crippen LogP contribution is 2.18. The SMILES string of the molecule is C=CC1CC=CCC1.C=CC1CC=CCC1.C[SiH2]Cl. The normalized spacial score (nSPS) is 24.9. The Hall–Kier alpha value is -0.533. The van der Waals surface area contributed by atoms with Crippen molar-refractivity contribution in [1.29, 1.82) is 0 Å². The van der Waals surface area contributed by atoms with Crippen LogP contribution in [0.5, 0.6) is 0 Å². The van der Waals surface area contributed by atoms with Crippen molar-refractivity contribution in [2.45, 2.75) is 45.1 Å². The van der Waals surface area contributed by atoms with Crippen molar-refractivity contribution < 1.29 is 0 Å². The molecule has 0 saturated carbocycles. The van der Waals surface area contributed by atoms with Crippen LogP contribution in [0.3, 0.4) is 0 Å². The highest BCUT2D eigenvalue weighted by molar-refractivity contribution is 6.92. The van der Waals surface area contributed by atoms with Crippen molar-refractivity contribution in [3.05, 3.63) is 49.6 Å². The molecule has 0 amide bonds. The minimum Gasteiger partial charge on any atom is -0.176 e. The molecule has 0 nitrogen and oxygen atoms in total. The van der Waals surface area contributed by atoms with Gasteiger partial charge in [-0.2, -0.15) is 11.1 Å². The minimum absolute atomic E-state index is 0.111. The van der Waals surface area contributed by atoms with Gasteiger partial charge in [-0.3, -0.25) is 0 Å². The summed E-state index contributed by atoms with van der Waals surface area (Å²) in [6.07, 6.45) is 20.6. The van der Waals surface area contributed by atoms with Crippen molar-refractivity contribution in [3.63, 3.8) is 0 Å². The Bertz CT molecular complexity index is 253. The van der Waals surface area contributed by atoms with Gasteiger partial charge in [0, 0.05) is 0 Å². The van der Waals surface area contributed by atoms with E-state index in [1.807, 2.05) is 6.55 Å². The van der Waals surface area contributed by atoms with Crippen molar-refractivity contribution in [2.75, 3.05) is 0 Å². The van der Waals surface area contributed by atoms with E-state index in [4.69, 9.17) is 11.1 Å². The predicted octanol–water partition coefficient (Wildman–Crippen LogP) is 5.41. The second kappa shape index (κ2) is 13.9. The molecule has 2 aliphatic rings. The fourth-order valence-electron chi connectivity index (χ4n) is 2.06. The molecule has 0 spiro atoms. The second-order valence-electron chi connectivity index (χ2n) is 4.83. The van der Waals surface area contributed by atoms with Crippen LogP contribution in [-0.4, -0.2) is 8.83 Å². The molecule has 0 aromatic rings. The number of allylic oxidation sites excluding steroid dienone is 6. The molecule has 2 rings (SSSR count). The van der Waals surface area contributed by atoms with Crippen LogP contribution in [0.2, 0.25) is 6.55 Å². The first kappa shape index (κ1) is 18.5. The lowest BCUT2D eigenvalue weighted by atomic mass is 9.95. The van der Waals surface area contributed by atoms with Gasteiger partial charge >= 0.3 is 0 Å². The molecule has 0 fully saturated rings. The summed E-state index contributed by atoms with van der Waals surface area (Å²) in [5, 5.41) is 0. The van der Waals surface area contributed by atoms with Crippen LogP contribution in [0, 0.1) is 11.8 Å². The van der Waals surface area contributed by atoms with E-state index in [1.165, 1.54) is 38.5 Å². The van der Waals surface area contributed by atoms with Gasteiger partial charge in [0.25, 0.3) is 0 Å². The van der Waals surface area contributed by atoms with Gasteiger partial charge in [-0.25, -0.2) is 0 Å². The van der Waals surface area contributed by atoms with E-state index < -0.39 is 0 Å². The van der Waals surface area contributed by atoms with Crippen LogP contribution in [0.1, 0.15) is 38.5 Å². The maximum absolute atomic E-state index is 5.14. The summed E-state index contributed by atoms with van der Waals surface area (Å²) in [6, 6.07) is 0. The minimum atomic E-state index is -0.111.